The van der Waals surface area contributed by atoms with Gasteiger partial charge in [-0.2, -0.15) is 18.3 Å². The maximum absolute atomic E-state index is 12.7. The summed E-state index contributed by atoms with van der Waals surface area (Å²) in [6.07, 6.45) is -2.85. The molecule has 3 aromatic carbocycles. The predicted molar refractivity (Wildman–Crippen MR) is 108 cm³/mol. The summed E-state index contributed by atoms with van der Waals surface area (Å²) < 4.78 is 44.8. The van der Waals surface area contributed by atoms with Crippen LogP contribution in [-0.2, 0) is 12.8 Å². The van der Waals surface area contributed by atoms with Crippen LogP contribution in [0.5, 0.6) is 5.75 Å². The normalized spacial score (nSPS) is 11.6. The van der Waals surface area contributed by atoms with E-state index in [1.165, 1.54) is 18.3 Å². The summed E-state index contributed by atoms with van der Waals surface area (Å²) >= 11 is 3.39. The van der Waals surface area contributed by atoms with Crippen molar-refractivity contribution >= 4 is 27.8 Å². The topological polar surface area (TPSA) is 33.6 Å². The van der Waals surface area contributed by atoms with Crippen molar-refractivity contribution in [2.24, 2.45) is 5.10 Å². The highest BCUT2D eigenvalue weighted by Crippen LogP contribution is 2.30. The standard InChI is InChI=1S/C21H16BrF3N2O/c22-18-8-4-16(5-9-18)14-28-20-10-6-15(7-11-20)13-26-27-19-3-1-2-17(12-19)21(23,24)25/h1-13,27H,14H2. The maximum atomic E-state index is 12.7. The van der Waals surface area contributed by atoms with Gasteiger partial charge in [0.2, 0.25) is 0 Å². The highest BCUT2D eigenvalue weighted by Gasteiger charge is 2.30. The Balaban J connectivity index is 1.54. The van der Waals surface area contributed by atoms with Gasteiger partial charge in [0.1, 0.15) is 12.4 Å². The van der Waals surface area contributed by atoms with Gasteiger partial charge in [-0.1, -0.05) is 34.1 Å². The Kier molecular flexibility index (Phi) is 6.36. The van der Waals surface area contributed by atoms with Crippen LogP contribution in [0, 0.1) is 0 Å². The average molecular weight is 449 g/mol. The van der Waals surface area contributed by atoms with Gasteiger partial charge >= 0.3 is 6.18 Å². The molecule has 144 valence electrons. The molecular weight excluding hydrogens is 433 g/mol. The second kappa shape index (κ2) is 8.93. The van der Waals surface area contributed by atoms with Gasteiger partial charge in [0, 0.05) is 4.47 Å². The zero-order chi connectivity index (χ0) is 20.0. The number of halogens is 4. The largest absolute Gasteiger partial charge is 0.489 e. The van der Waals surface area contributed by atoms with Crippen LogP contribution in [0.1, 0.15) is 16.7 Å². The van der Waals surface area contributed by atoms with Crippen molar-refractivity contribution in [1.82, 2.24) is 0 Å². The summed E-state index contributed by atoms with van der Waals surface area (Å²) in [5, 5.41) is 3.98. The van der Waals surface area contributed by atoms with E-state index in [9.17, 15) is 13.2 Å². The van der Waals surface area contributed by atoms with Crippen molar-refractivity contribution in [2.45, 2.75) is 12.8 Å². The lowest BCUT2D eigenvalue weighted by atomic mass is 10.2. The number of rotatable bonds is 6. The first kappa shape index (κ1) is 19.9. The van der Waals surface area contributed by atoms with Crippen LogP contribution in [0.15, 0.2) is 82.4 Å². The quantitative estimate of drug-likeness (QED) is 0.345. The van der Waals surface area contributed by atoms with Gasteiger partial charge in [-0.05, 0) is 65.7 Å². The van der Waals surface area contributed by atoms with Crippen molar-refractivity contribution in [3.05, 3.63) is 94.0 Å². The fourth-order valence-electron chi connectivity index (χ4n) is 2.34. The molecule has 0 fully saturated rings. The van der Waals surface area contributed by atoms with Crippen LogP contribution < -0.4 is 10.2 Å². The monoisotopic (exact) mass is 448 g/mol. The van der Waals surface area contributed by atoms with E-state index in [0.29, 0.717) is 12.4 Å². The minimum Gasteiger partial charge on any atom is -0.489 e. The number of alkyl halides is 3. The van der Waals surface area contributed by atoms with E-state index in [4.69, 9.17) is 4.74 Å². The third kappa shape index (κ3) is 5.85. The first-order valence-corrected chi connectivity index (χ1v) is 9.13. The van der Waals surface area contributed by atoms with Crippen molar-refractivity contribution in [3.63, 3.8) is 0 Å². The lowest BCUT2D eigenvalue weighted by Crippen LogP contribution is -2.05. The average Bonchev–Trinajstić information content (AvgIpc) is 2.68. The molecule has 28 heavy (non-hydrogen) atoms. The van der Waals surface area contributed by atoms with Gasteiger partial charge in [-0.3, -0.25) is 5.43 Å². The maximum Gasteiger partial charge on any atom is 0.416 e. The number of ether oxygens (including phenoxy) is 1. The third-order valence-electron chi connectivity index (χ3n) is 3.80. The number of anilines is 1. The van der Waals surface area contributed by atoms with Gasteiger partial charge in [0.05, 0.1) is 17.5 Å². The number of hydrogen-bond acceptors (Lipinski definition) is 3. The Labute approximate surface area is 169 Å². The summed E-state index contributed by atoms with van der Waals surface area (Å²) in [5.41, 5.74) is 3.99. The first-order chi connectivity index (χ1) is 13.4. The zero-order valence-corrected chi connectivity index (χ0v) is 16.2. The molecule has 0 aliphatic carbocycles. The molecule has 3 rings (SSSR count). The molecule has 0 aliphatic heterocycles. The summed E-state index contributed by atoms with van der Waals surface area (Å²) in [4.78, 5) is 0. The molecule has 0 aliphatic rings. The Hall–Kier alpha value is -2.80. The SMILES string of the molecule is FC(F)(F)c1cccc(NN=Cc2ccc(OCc3ccc(Br)cc3)cc2)c1. The van der Waals surface area contributed by atoms with Crippen LogP contribution in [0.3, 0.4) is 0 Å². The summed E-state index contributed by atoms with van der Waals surface area (Å²) in [7, 11) is 0. The molecule has 1 N–H and O–H groups in total. The van der Waals surface area contributed by atoms with E-state index in [2.05, 4.69) is 26.5 Å². The number of hydrogen-bond donors (Lipinski definition) is 1. The number of hydrazone groups is 1. The molecule has 3 nitrogen and oxygen atoms in total. The Bertz CT molecular complexity index is 939. The molecule has 3 aromatic rings. The lowest BCUT2D eigenvalue weighted by molar-refractivity contribution is -0.137. The second-order valence-electron chi connectivity index (χ2n) is 5.93. The molecule has 0 saturated heterocycles. The zero-order valence-electron chi connectivity index (χ0n) is 14.6. The molecular formula is C21H16BrF3N2O. The molecule has 0 heterocycles. The molecule has 0 unspecified atom stereocenters. The van der Waals surface area contributed by atoms with Crippen molar-refractivity contribution < 1.29 is 17.9 Å². The van der Waals surface area contributed by atoms with Crippen LogP contribution in [0.4, 0.5) is 18.9 Å². The minimum absolute atomic E-state index is 0.264. The minimum atomic E-state index is -4.38. The highest BCUT2D eigenvalue weighted by molar-refractivity contribution is 9.10. The van der Waals surface area contributed by atoms with Crippen LogP contribution in [0.2, 0.25) is 0 Å². The van der Waals surface area contributed by atoms with Crippen LogP contribution >= 0.6 is 15.9 Å². The van der Waals surface area contributed by atoms with Crippen molar-refractivity contribution in [3.8, 4) is 5.75 Å². The van der Waals surface area contributed by atoms with Crippen molar-refractivity contribution in [1.29, 1.82) is 0 Å². The summed E-state index contributed by atoms with van der Waals surface area (Å²) in [5.74, 6) is 0.714. The van der Waals surface area contributed by atoms with Gasteiger partial charge in [-0.25, -0.2) is 0 Å². The van der Waals surface area contributed by atoms with E-state index < -0.39 is 11.7 Å². The van der Waals surface area contributed by atoms with E-state index in [1.807, 2.05) is 48.5 Å². The summed E-state index contributed by atoms with van der Waals surface area (Å²) in [6, 6.07) is 20.0. The molecule has 0 spiro atoms. The molecule has 0 amide bonds. The van der Waals surface area contributed by atoms with E-state index in [-0.39, 0.29) is 5.69 Å². The van der Waals surface area contributed by atoms with Gasteiger partial charge in [-0.15, -0.1) is 0 Å². The Morgan fingerprint density at radius 1 is 0.964 bits per heavy atom. The van der Waals surface area contributed by atoms with Gasteiger partial charge < -0.3 is 4.74 Å². The molecule has 0 aromatic heterocycles. The van der Waals surface area contributed by atoms with Crippen LogP contribution in [0.25, 0.3) is 0 Å². The van der Waals surface area contributed by atoms with E-state index in [0.717, 1.165) is 27.7 Å². The predicted octanol–water partition coefficient (Wildman–Crippen LogP) is 6.49. The van der Waals surface area contributed by atoms with E-state index >= 15 is 0 Å². The first-order valence-electron chi connectivity index (χ1n) is 8.34. The second-order valence-corrected chi connectivity index (χ2v) is 6.85. The molecule has 0 radical (unpaired) electrons. The summed E-state index contributed by atoms with van der Waals surface area (Å²) in [6.45, 7) is 0.456. The van der Waals surface area contributed by atoms with E-state index in [1.54, 1.807) is 0 Å². The molecule has 7 heteroatoms. The Morgan fingerprint density at radius 2 is 1.68 bits per heavy atom. The number of benzene rings is 3. The van der Waals surface area contributed by atoms with Crippen molar-refractivity contribution in [2.75, 3.05) is 5.43 Å². The number of nitrogens with one attached hydrogen (secondary N) is 1. The Morgan fingerprint density at radius 3 is 2.36 bits per heavy atom. The molecule has 0 atom stereocenters. The third-order valence-corrected chi connectivity index (χ3v) is 4.32. The lowest BCUT2D eigenvalue weighted by Gasteiger charge is -2.08. The van der Waals surface area contributed by atoms with Gasteiger partial charge in [0.15, 0.2) is 0 Å². The fourth-order valence-corrected chi connectivity index (χ4v) is 2.61. The molecule has 0 bridgehead atoms. The van der Waals surface area contributed by atoms with Gasteiger partial charge in [0.25, 0.3) is 0 Å². The molecule has 0 saturated carbocycles. The highest BCUT2D eigenvalue weighted by atomic mass is 79.9. The fraction of sp³-hybridized carbons (Fsp3) is 0.0952. The smallest absolute Gasteiger partial charge is 0.416 e. The van der Waals surface area contributed by atoms with Crippen LogP contribution in [-0.4, -0.2) is 6.21 Å². The number of nitrogens with zero attached hydrogens (tertiary/aromatic N) is 1.